The van der Waals surface area contributed by atoms with Gasteiger partial charge in [0, 0.05) is 22.9 Å². The summed E-state index contributed by atoms with van der Waals surface area (Å²) in [6, 6.07) is 9.58. The van der Waals surface area contributed by atoms with Crippen LogP contribution in [-0.2, 0) is 0 Å². The summed E-state index contributed by atoms with van der Waals surface area (Å²) < 4.78 is 1.53. The highest BCUT2D eigenvalue weighted by Crippen LogP contribution is 2.31. The van der Waals surface area contributed by atoms with Gasteiger partial charge in [0.05, 0.1) is 17.1 Å². The second-order valence-electron chi connectivity index (χ2n) is 7.22. The quantitative estimate of drug-likeness (QED) is 0.718. The fourth-order valence-electron chi connectivity index (χ4n) is 3.88. The number of hydrogen-bond acceptors (Lipinski definition) is 3. The van der Waals surface area contributed by atoms with Gasteiger partial charge < -0.3 is 4.98 Å². The maximum Gasteiger partial charge on any atom is 0.282 e. The zero-order valence-corrected chi connectivity index (χ0v) is 15.3. The molecule has 0 atom stereocenters. The molecule has 2 heterocycles. The van der Waals surface area contributed by atoms with Crippen molar-refractivity contribution >= 4 is 17.1 Å². The summed E-state index contributed by atoms with van der Waals surface area (Å²) in [6.07, 6.45) is 7.55. The van der Waals surface area contributed by atoms with Gasteiger partial charge in [-0.25, -0.2) is 4.98 Å². The van der Waals surface area contributed by atoms with E-state index in [1.807, 2.05) is 44.2 Å². The third-order valence-electron chi connectivity index (χ3n) is 5.25. The highest BCUT2D eigenvalue weighted by Gasteiger charge is 2.22. The molecule has 3 aromatic rings. The third-order valence-corrected chi connectivity index (χ3v) is 5.25. The first kappa shape index (κ1) is 16.8. The first-order valence-corrected chi connectivity index (χ1v) is 9.36. The smallest absolute Gasteiger partial charge is 0.282 e. The van der Waals surface area contributed by atoms with Crippen LogP contribution < -0.4 is 5.56 Å². The molecule has 1 N–H and O–H groups in total. The number of aryl methyl sites for hydroxylation is 2. The number of nitrogens with zero attached hydrogens (tertiary/aromatic N) is 3. The maximum atomic E-state index is 13.1. The minimum atomic E-state index is -0.0858. The monoisotopic (exact) mass is 348 g/mol. The van der Waals surface area contributed by atoms with E-state index in [1.165, 1.54) is 23.9 Å². The molecule has 0 aliphatic heterocycles. The van der Waals surface area contributed by atoms with Crippen LogP contribution in [0.2, 0.25) is 0 Å². The van der Waals surface area contributed by atoms with E-state index in [1.54, 1.807) is 6.21 Å². The first-order valence-electron chi connectivity index (χ1n) is 9.36. The van der Waals surface area contributed by atoms with Crippen molar-refractivity contribution in [3.63, 3.8) is 0 Å². The van der Waals surface area contributed by atoms with Crippen molar-refractivity contribution in [2.24, 2.45) is 5.10 Å². The van der Waals surface area contributed by atoms with Gasteiger partial charge in [0.15, 0.2) is 0 Å². The summed E-state index contributed by atoms with van der Waals surface area (Å²) in [6.45, 7) is 4.03. The number of benzene rings is 1. The number of aromatic nitrogens is 3. The lowest BCUT2D eigenvalue weighted by Gasteiger charge is -2.22. The molecular formula is C21H24N4O. The Hall–Kier alpha value is -2.69. The molecule has 1 aromatic carbocycles. The Balaban J connectivity index is 1.86. The minimum Gasteiger partial charge on any atom is -0.362 e. The average Bonchev–Trinajstić information content (AvgIpc) is 2.99. The maximum absolute atomic E-state index is 13.1. The lowest BCUT2D eigenvalue weighted by atomic mass is 9.88. The number of nitrogens with one attached hydrogen (secondary N) is 1. The lowest BCUT2D eigenvalue weighted by Crippen LogP contribution is -2.25. The van der Waals surface area contributed by atoms with Gasteiger partial charge >= 0.3 is 0 Å². The molecule has 0 spiro atoms. The van der Waals surface area contributed by atoms with Crippen LogP contribution in [0.25, 0.3) is 10.9 Å². The molecule has 1 aliphatic rings. The van der Waals surface area contributed by atoms with Crippen molar-refractivity contribution in [3.8, 4) is 0 Å². The van der Waals surface area contributed by atoms with Crippen molar-refractivity contribution in [1.29, 1.82) is 0 Å². The number of H-pyrrole nitrogens is 1. The van der Waals surface area contributed by atoms with Crippen LogP contribution in [0, 0.1) is 13.8 Å². The number of para-hydroxylation sites is 1. The van der Waals surface area contributed by atoms with Crippen molar-refractivity contribution in [2.75, 3.05) is 0 Å². The first-order chi connectivity index (χ1) is 12.6. The van der Waals surface area contributed by atoms with Crippen molar-refractivity contribution in [1.82, 2.24) is 14.6 Å². The van der Waals surface area contributed by atoms with E-state index in [9.17, 15) is 4.79 Å². The molecule has 0 saturated heterocycles. The second kappa shape index (κ2) is 6.90. The second-order valence-corrected chi connectivity index (χ2v) is 7.22. The molecule has 2 aromatic heterocycles. The van der Waals surface area contributed by atoms with Gasteiger partial charge in [0.25, 0.3) is 5.56 Å². The van der Waals surface area contributed by atoms with Crippen LogP contribution in [0.3, 0.4) is 0 Å². The van der Waals surface area contributed by atoms with Gasteiger partial charge in [0.1, 0.15) is 5.82 Å². The lowest BCUT2D eigenvalue weighted by molar-refractivity contribution is 0.416. The molecular weight excluding hydrogens is 324 g/mol. The third kappa shape index (κ3) is 3.09. The standard InChI is InChI=1S/C21H24N4O/c1-14-12-17(15(2)23-14)13-22-25-20(16-8-4-3-5-9-16)24-19-11-7-6-10-18(19)21(25)26/h6-7,10-13,16,23H,3-5,8-9H2,1-2H3. The summed E-state index contributed by atoms with van der Waals surface area (Å²) in [7, 11) is 0. The number of rotatable bonds is 3. The van der Waals surface area contributed by atoms with Gasteiger partial charge in [-0.1, -0.05) is 31.4 Å². The summed E-state index contributed by atoms with van der Waals surface area (Å²) in [5.74, 6) is 1.10. The van der Waals surface area contributed by atoms with Crippen LogP contribution >= 0.6 is 0 Å². The summed E-state index contributed by atoms with van der Waals surface area (Å²) in [5.41, 5.74) is 3.81. The largest absolute Gasteiger partial charge is 0.362 e. The highest BCUT2D eigenvalue weighted by atomic mass is 16.1. The van der Waals surface area contributed by atoms with Crippen LogP contribution in [-0.4, -0.2) is 20.9 Å². The van der Waals surface area contributed by atoms with Crippen molar-refractivity contribution in [3.05, 3.63) is 63.5 Å². The Morgan fingerprint density at radius 1 is 1.19 bits per heavy atom. The highest BCUT2D eigenvalue weighted by molar-refractivity contribution is 5.82. The van der Waals surface area contributed by atoms with E-state index in [-0.39, 0.29) is 5.56 Å². The molecule has 0 unspecified atom stereocenters. The molecule has 0 amide bonds. The number of aromatic amines is 1. The molecule has 26 heavy (non-hydrogen) atoms. The molecule has 1 saturated carbocycles. The van der Waals surface area contributed by atoms with Crippen LogP contribution in [0.4, 0.5) is 0 Å². The van der Waals surface area contributed by atoms with Gasteiger partial charge in [0.2, 0.25) is 0 Å². The minimum absolute atomic E-state index is 0.0858. The van der Waals surface area contributed by atoms with Crippen LogP contribution in [0.1, 0.15) is 60.8 Å². The summed E-state index contributed by atoms with van der Waals surface area (Å²) in [5, 5.41) is 5.19. The molecule has 4 rings (SSSR count). The van der Waals surface area contributed by atoms with E-state index < -0.39 is 0 Å². The Morgan fingerprint density at radius 3 is 2.69 bits per heavy atom. The molecule has 5 heteroatoms. The van der Waals surface area contributed by atoms with Crippen LogP contribution in [0.5, 0.6) is 0 Å². The molecule has 5 nitrogen and oxygen atoms in total. The molecule has 1 fully saturated rings. The number of fused-ring (bicyclic) bond motifs is 1. The fraction of sp³-hybridized carbons (Fsp3) is 0.381. The van der Waals surface area contributed by atoms with E-state index in [4.69, 9.17) is 4.98 Å². The zero-order chi connectivity index (χ0) is 18.1. The normalized spacial score (nSPS) is 15.9. The van der Waals surface area contributed by atoms with E-state index in [0.717, 1.165) is 41.1 Å². The summed E-state index contributed by atoms with van der Waals surface area (Å²) >= 11 is 0. The summed E-state index contributed by atoms with van der Waals surface area (Å²) in [4.78, 5) is 21.2. The van der Waals surface area contributed by atoms with E-state index in [0.29, 0.717) is 11.3 Å². The number of hydrogen-bond donors (Lipinski definition) is 1. The van der Waals surface area contributed by atoms with Gasteiger partial charge in [-0.15, -0.1) is 0 Å². The Kier molecular flexibility index (Phi) is 4.45. The predicted molar refractivity (Wildman–Crippen MR) is 105 cm³/mol. The van der Waals surface area contributed by atoms with Gasteiger partial charge in [-0.3, -0.25) is 4.79 Å². The fourth-order valence-corrected chi connectivity index (χ4v) is 3.88. The van der Waals surface area contributed by atoms with Crippen LogP contribution in [0.15, 0.2) is 40.2 Å². The predicted octanol–water partition coefficient (Wildman–Crippen LogP) is 4.27. The van der Waals surface area contributed by atoms with E-state index in [2.05, 4.69) is 10.1 Å². The van der Waals surface area contributed by atoms with Crippen molar-refractivity contribution < 1.29 is 0 Å². The Bertz CT molecular complexity index is 1020. The topological polar surface area (TPSA) is 63.0 Å². The SMILES string of the molecule is Cc1cc(C=Nn2c(C3CCCCC3)nc3ccccc3c2=O)c(C)[nH]1. The average molecular weight is 348 g/mol. The van der Waals surface area contributed by atoms with E-state index >= 15 is 0 Å². The Labute approximate surface area is 152 Å². The Morgan fingerprint density at radius 2 is 1.96 bits per heavy atom. The molecule has 134 valence electrons. The molecule has 1 aliphatic carbocycles. The van der Waals surface area contributed by atoms with Crippen molar-refractivity contribution in [2.45, 2.75) is 51.9 Å². The zero-order valence-electron chi connectivity index (χ0n) is 15.3. The molecule has 0 radical (unpaired) electrons. The molecule has 0 bridgehead atoms. The van der Waals surface area contributed by atoms with Gasteiger partial charge in [-0.05, 0) is 44.9 Å². The van der Waals surface area contributed by atoms with Gasteiger partial charge in [-0.2, -0.15) is 9.78 Å².